The van der Waals surface area contributed by atoms with Crippen LogP contribution in [-0.2, 0) is 6.54 Å². The molecule has 18 heavy (non-hydrogen) atoms. The molecule has 0 saturated carbocycles. The Morgan fingerprint density at radius 2 is 2.28 bits per heavy atom. The maximum atomic E-state index is 4.75. The molecule has 1 aliphatic heterocycles. The van der Waals surface area contributed by atoms with Crippen LogP contribution in [0.3, 0.4) is 0 Å². The van der Waals surface area contributed by atoms with Gasteiger partial charge in [-0.3, -0.25) is 0 Å². The van der Waals surface area contributed by atoms with Gasteiger partial charge in [-0.15, -0.1) is 11.3 Å². The quantitative estimate of drug-likeness (QED) is 0.907. The van der Waals surface area contributed by atoms with Gasteiger partial charge in [0.1, 0.15) is 0 Å². The van der Waals surface area contributed by atoms with E-state index in [9.17, 15) is 0 Å². The van der Waals surface area contributed by atoms with E-state index in [0.717, 1.165) is 12.5 Å². The molecule has 2 rings (SSSR count). The molecule has 1 atom stereocenters. The van der Waals surface area contributed by atoms with Gasteiger partial charge in [-0.05, 0) is 25.2 Å². The summed E-state index contributed by atoms with van der Waals surface area (Å²) >= 11 is 1.79. The van der Waals surface area contributed by atoms with Crippen molar-refractivity contribution in [2.75, 3.05) is 18.0 Å². The lowest BCUT2D eigenvalue weighted by molar-refractivity contribution is 0.521. The Morgan fingerprint density at radius 3 is 3.06 bits per heavy atom. The molecule has 0 amide bonds. The summed E-state index contributed by atoms with van der Waals surface area (Å²) in [7, 11) is 0. The smallest absolute Gasteiger partial charge is 0.185 e. The second-order valence-electron chi connectivity index (χ2n) is 5.68. The summed E-state index contributed by atoms with van der Waals surface area (Å²) in [6, 6.07) is 0.522. The van der Waals surface area contributed by atoms with E-state index in [2.05, 4.69) is 36.4 Å². The molecule has 2 heterocycles. The number of aromatic nitrogens is 1. The highest BCUT2D eigenvalue weighted by Crippen LogP contribution is 2.25. The number of anilines is 1. The average Bonchev–Trinajstić information content (AvgIpc) is 2.69. The first-order valence-electron chi connectivity index (χ1n) is 7.08. The van der Waals surface area contributed by atoms with Crippen LogP contribution in [0.15, 0.2) is 5.38 Å². The molecule has 0 aliphatic carbocycles. The van der Waals surface area contributed by atoms with Gasteiger partial charge in [0.25, 0.3) is 0 Å². The fourth-order valence-corrected chi connectivity index (χ4v) is 3.16. The van der Waals surface area contributed by atoms with E-state index in [0.29, 0.717) is 6.04 Å². The molecular weight excluding hydrogens is 242 g/mol. The summed E-state index contributed by atoms with van der Waals surface area (Å²) < 4.78 is 0. The molecule has 1 saturated heterocycles. The summed E-state index contributed by atoms with van der Waals surface area (Å²) in [6.07, 6.45) is 3.98. The van der Waals surface area contributed by atoms with E-state index in [1.54, 1.807) is 11.3 Å². The van der Waals surface area contributed by atoms with Crippen molar-refractivity contribution in [3.8, 4) is 0 Å². The Hall–Kier alpha value is -0.610. The van der Waals surface area contributed by atoms with Crippen LogP contribution >= 0.6 is 11.3 Å². The number of rotatable bonds is 4. The van der Waals surface area contributed by atoms with Crippen LogP contribution in [-0.4, -0.2) is 24.1 Å². The Kier molecular flexibility index (Phi) is 5.01. The fraction of sp³-hybridized carbons (Fsp3) is 0.786. The third-order valence-corrected chi connectivity index (χ3v) is 4.47. The highest BCUT2D eigenvalue weighted by Gasteiger charge is 2.16. The molecule has 102 valence electrons. The monoisotopic (exact) mass is 267 g/mol. The molecule has 1 aromatic rings. The van der Waals surface area contributed by atoms with Crippen LogP contribution in [0.2, 0.25) is 0 Å². The maximum absolute atomic E-state index is 4.75. The van der Waals surface area contributed by atoms with Crippen molar-refractivity contribution in [2.45, 2.75) is 52.6 Å². The van der Waals surface area contributed by atoms with E-state index in [1.807, 2.05) is 0 Å². The topological polar surface area (TPSA) is 28.2 Å². The van der Waals surface area contributed by atoms with E-state index in [-0.39, 0.29) is 0 Å². The largest absolute Gasteiger partial charge is 0.348 e. The first kappa shape index (κ1) is 13.8. The molecule has 1 N–H and O–H groups in total. The van der Waals surface area contributed by atoms with Crippen LogP contribution < -0.4 is 10.2 Å². The highest BCUT2D eigenvalue weighted by atomic mass is 32.1. The maximum Gasteiger partial charge on any atom is 0.185 e. The lowest BCUT2D eigenvalue weighted by Crippen LogP contribution is -2.24. The molecule has 1 aliphatic rings. The van der Waals surface area contributed by atoms with Gasteiger partial charge in [-0.2, -0.15) is 0 Å². The zero-order chi connectivity index (χ0) is 13.0. The molecule has 3 nitrogen and oxygen atoms in total. The van der Waals surface area contributed by atoms with Crippen molar-refractivity contribution < 1.29 is 0 Å². The zero-order valence-corrected chi connectivity index (χ0v) is 12.6. The zero-order valence-electron chi connectivity index (χ0n) is 11.8. The normalized spacial score (nSPS) is 21.3. The number of nitrogens with zero attached hydrogens (tertiary/aromatic N) is 2. The highest BCUT2D eigenvalue weighted by molar-refractivity contribution is 7.13. The minimum atomic E-state index is 0.522. The number of hydrogen-bond acceptors (Lipinski definition) is 4. The number of nitrogens with one attached hydrogen (secondary N) is 1. The summed E-state index contributed by atoms with van der Waals surface area (Å²) in [5.74, 6) is 0.872. The van der Waals surface area contributed by atoms with Gasteiger partial charge in [0.15, 0.2) is 5.13 Å². The van der Waals surface area contributed by atoms with Crippen molar-refractivity contribution in [1.82, 2.24) is 10.3 Å². The minimum absolute atomic E-state index is 0.522. The summed E-state index contributed by atoms with van der Waals surface area (Å²) in [4.78, 5) is 7.22. The van der Waals surface area contributed by atoms with Crippen molar-refractivity contribution in [3.05, 3.63) is 11.1 Å². The Balaban J connectivity index is 1.92. The third kappa shape index (κ3) is 3.95. The summed E-state index contributed by atoms with van der Waals surface area (Å²) in [5.41, 5.74) is 1.18. The Labute approximate surface area is 115 Å². The van der Waals surface area contributed by atoms with Crippen LogP contribution in [0.25, 0.3) is 0 Å². The van der Waals surface area contributed by atoms with Gasteiger partial charge in [0, 0.05) is 31.1 Å². The first-order chi connectivity index (χ1) is 8.65. The summed E-state index contributed by atoms with van der Waals surface area (Å²) in [6.45, 7) is 9.94. The molecule has 0 radical (unpaired) electrons. The van der Waals surface area contributed by atoms with Gasteiger partial charge >= 0.3 is 0 Å². The van der Waals surface area contributed by atoms with Gasteiger partial charge in [0.05, 0.1) is 5.69 Å². The molecule has 0 spiro atoms. The lowest BCUT2D eigenvalue weighted by Gasteiger charge is -2.18. The molecule has 1 unspecified atom stereocenters. The van der Waals surface area contributed by atoms with Crippen LogP contribution in [0, 0.1) is 5.92 Å². The third-order valence-electron chi connectivity index (χ3n) is 3.52. The Bertz CT molecular complexity index is 362. The van der Waals surface area contributed by atoms with Gasteiger partial charge in [-0.25, -0.2) is 4.98 Å². The van der Waals surface area contributed by atoms with E-state index < -0.39 is 0 Å². The second-order valence-corrected chi connectivity index (χ2v) is 6.52. The van der Waals surface area contributed by atoms with Gasteiger partial charge in [-0.1, -0.05) is 20.8 Å². The molecule has 0 bridgehead atoms. The molecule has 1 aromatic heterocycles. The number of hydrogen-bond donors (Lipinski definition) is 1. The lowest BCUT2D eigenvalue weighted by atomic mass is 10.0. The van der Waals surface area contributed by atoms with E-state index >= 15 is 0 Å². The van der Waals surface area contributed by atoms with Gasteiger partial charge in [0.2, 0.25) is 0 Å². The van der Waals surface area contributed by atoms with Crippen LogP contribution in [0.4, 0.5) is 5.13 Å². The minimum Gasteiger partial charge on any atom is -0.348 e. The van der Waals surface area contributed by atoms with E-state index in [1.165, 1.54) is 43.2 Å². The number of thiazole rings is 1. The molecule has 4 heteroatoms. The van der Waals surface area contributed by atoms with Crippen molar-refractivity contribution in [3.63, 3.8) is 0 Å². The molecule has 0 aromatic carbocycles. The Morgan fingerprint density at radius 1 is 1.44 bits per heavy atom. The van der Waals surface area contributed by atoms with Crippen molar-refractivity contribution >= 4 is 16.5 Å². The fourth-order valence-electron chi connectivity index (χ4n) is 2.29. The van der Waals surface area contributed by atoms with Crippen molar-refractivity contribution in [1.29, 1.82) is 0 Å². The standard InChI is InChI=1S/C14H25N3S/c1-11(2)15-9-13-10-18-14(16-13)17-7-4-5-12(3)6-8-17/h10-12,15H,4-9H2,1-3H3. The average molecular weight is 267 g/mol. The second kappa shape index (κ2) is 6.53. The first-order valence-corrected chi connectivity index (χ1v) is 7.96. The van der Waals surface area contributed by atoms with E-state index in [4.69, 9.17) is 4.98 Å². The molecular formula is C14H25N3S. The molecule has 1 fully saturated rings. The predicted octanol–water partition coefficient (Wildman–Crippen LogP) is 3.27. The van der Waals surface area contributed by atoms with Crippen LogP contribution in [0.5, 0.6) is 0 Å². The predicted molar refractivity (Wildman–Crippen MR) is 79.3 cm³/mol. The summed E-state index contributed by atoms with van der Waals surface area (Å²) in [5, 5.41) is 6.83. The van der Waals surface area contributed by atoms with Crippen molar-refractivity contribution in [2.24, 2.45) is 5.92 Å². The van der Waals surface area contributed by atoms with Gasteiger partial charge < -0.3 is 10.2 Å². The SMILES string of the molecule is CC1CCCN(c2nc(CNC(C)C)cs2)CC1. The van der Waals surface area contributed by atoms with Crippen LogP contribution in [0.1, 0.15) is 45.7 Å².